The van der Waals surface area contributed by atoms with Gasteiger partial charge in [-0.25, -0.2) is 9.67 Å². The van der Waals surface area contributed by atoms with Crippen LogP contribution < -0.4 is 10.6 Å². The molecule has 6 rings (SSSR count). The Kier molecular flexibility index (Phi) is 6.53. The second-order valence-electron chi connectivity index (χ2n) is 11.8. The summed E-state index contributed by atoms with van der Waals surface area (Å²) in [5.74, 6) is 0. The van der Waals surface area contributed by atoms with E-state index in [0.717, 1.165) is 15.8 Å². The normalized spacial score (nSPS) is 15.5. The van der Waals surface area contributed by atoms with Crippen molar-refractivity contribution in [3.8, 4) is 6.07 Å². The van der Waals surface area contributed by atoms with Crippen molar-refractivity contribution in [3.05, 3.63) is 77.2 Å². The van der Waals surface area contributed by atoms with Gasteiger partial charge in [0.1, 0.15) is 11.8 Å². The van der Waals surface area contributed by atoms with Crippen molar-refractivity contribution in [1.29, 1.82) is 5.26 Å². The Morgan fingerprint density at radius 3 is 2.67 bits per heavy atom. The molecule has 4 aromatic heterocycles. The predicted octanol–water partition coefficient (Wildman–Crippen LogP) is 6.71. The summed E-state index contributed by atoms with van der Waals surface area (Å²) in [6.45, 7) is 6.82. The third-order valence-electron chi connectivity index (χ3n) is 7.44. The van der Waals surface area contributed by atoms with Gasteiger partial charge in [-0.05, 0) is 36.5 Å². The fourth-order valence-electron chi connectivity index (χ4n) is 5.04. The molecule has 1 saturated carbocycles. The number of hydrogen-bond donors (Lipinski definition) is 2. The summed E-state index contributed by atoms with van der Waals surface area (Å²) in [5, 5.41) is 25.7. The third-order valence-corrected chi connectivity index (χ3v) is 7.73. The molecule has 9 nitrogen and oxygen atoms in total. The number of halogens is 4. The topological polar surface area (TPSA) is 109 Å². The van der Waals surface area contributed by atoms with Crippen molar-refractivity contribution in [3.63, 3.8) is 0 Å². The summed E-state index contributed by atoms with van der Waals surface area (Å²) in [7, 11) is 0. The lowest BCUT2D eigenvalue weighted by Gasteiger charge is -2.23. The first-order valence-corrected chi connectivity index (χ1v) is 13.7. The van der Waals surface area contributed by atoms with Crippen LogP contribution in [0.5, 0.6) is 0 Å². The zero-order valence-electron chi connectivity index (χ0n) is 23.0. The van der Waals surface area contributed by atoms with Crippen LogP contribution in [0.25, 0.3) is 16.4 Å². The standard InChI is InChI=1S/C29H27ClF3N9/c1-27(2,3)15-37-24-17(11-34)12-36-25-20(24)9-18(10-21(25)30)38-26(19-5-4-8-41-16-35-13-23(19)41)22-14-42(40-39-22)28(6-7-28)29(31,32)33/h4-5,8-10,12-14,16,26,38H,6-7,15H2,1-3H3,(H,36,37). The first-order chi connectivity index (χ1) is 19.9. The highest BCUT2D eigenvalue weighted by Gasteiger charge is 2.66. The molecule has 0 radical (unpaired) electrons. The number of nitriles is 1. The third kappa shape index (κ3) is 4.87. The summed E-state index contributed by atoms with van der Waals surface area (Å²) < 4.78 is 44.4. The van der Waals surface area contributed by atoms with Gasteiger partial charge in [-0.3, -0.25) is 4.98 Å². The molecule has 1 atom stereocenters. The first kappa shape index (κ1) is 27.8. The Labute approximate surface area is 244 Å². The molecule has 5 aromatic rings. The number of alkyl halides is 3. The number of rotatable bonds is 7. The molecule has 0 saturated heterocycles. The summed E-state index contributed by atoms with van der Waals surface area (Å²) >= 11 is 6.71. The van der Waals surface area contributed by atoms with Crippen molar-refractivity contribution >= 4 is 39.4 Å². The fourth-order valence-corrected chi connectivity index (χ4v) is 5.31. The molecular formula is C29H27ClF3N9. The van der Waals surface area contributed by atoms with Gasteiger partial charge in [-0.1, -0.05) is 43.7 Å². The van der Waals surface area contributed by atoms with E-state index in [4.69, 9.17) is 11.6 Å². The molecule has 0 spiro atoms. The number of fused-ring (bicyclic) bond motifs is 2. The second-order valence-corrected chi connectivity index (χ2v) is 12.2. The molecule has 1 aliphatic rings. The van der Waals surface area contributed by atoms with Gasteiger partial charge in [0.15, 0.2) is 5.54 Å². The maximum Gasteiger partial charge on any atom is 0.413 e. The molecule has 1 unspecified atom stereocenters. The Morgan fingerprint density at radius 1 is 1.19 bits per heavy atom. The van der Waals surface area contributed by atoms with Crippen LogP contribution in [0.3, 0.4) is 0 Å². The quantitative estimate of drug-likeness (QED) is 0.216. The van der Waals surface area contributed by atoms with Gasteiger partial charge in [-0.2, -0.15) is 18.4 Å². The van der Waals surface area contributed by atoms with E-state index in [9.17, 15) is 18.4 Å². The summed E-state index contributed by atoms with van der Waals surface area (Å²) in [6, 6.07) is 8.69. The Morgan fingerprint density at radius 2 is 1.98 bits per heavy atom. The van der Waals surface area contributed by atoms with E-state index in [1.807, 2.05) is 28.8 Å². The predicted molar refractivity (Wildman–Crippen MR) is 153 cm³/mol. The highest BCUT2D eigenvalue weighted by atomic mass is 35.5. The van der Waals surface area contributed by atoms with Crippen LogP contribution in [0.1, 0.15) is 56.5 Å². The summed E-state index contributed by atoms with van der Waals surface area (Å²) in [4.78, 5) is 8.66. The summed E-state index contributed by atoms with van der Waals surface area (Å²) in [6.07, 6.45) is 3.46. The number of hydrogen-bond acceptors (Lipinski definition) is 7. The van der Waals surface area contributed by atoms with Gasteiger partial charge in [0.25, 0.3) is 0 Å². The molecule has 1 aliphatic carbocycles. The van der Waals surface area contributed by atoms with Crippen molar-refractivity contribution in [2.75, 3.05) is 17.2 Å². The first-order valence-electron chi connectivity index (χ1n) is 13.3. The lowest BCUT2D eigenvalue weighted by Crippen LogP contribution is -2.35. The number of anilines is 2. The minimum Gasteiger partial charge on any atom is -0.383 e. The van der Waals surface area contributed by atoms with Crippen LogP contribution in [-0.2, 0) is 5.54 Å². The second kappa shape index (κ2) is 9.87. The molecule has 0 amide bonds. The maximum atomic E-state index is 13.9. The number of nitrogens with one attached hydrogen (secondary N) is 2. The SMILES string of the molecule is CC(C)(C)CNc1c(C#N)cnc2c(Cl)cc(NC(c3cn(C4(C(F)(F)F)CC4)nn3)c3cccn4cncc34)cc12. The maximum absolute atomic E-state index is 13.9. The smallest absolute Gasteiger partial charge is 0.383 e. The highest BCUT2D eigenvalue weighted by Crippen LogP contribution is 2.55. The Balaban J connectivity index is 1.47. The molecule has 0 aliphatic heterocycles. The molecule has 1 fully saturated rings. The van der Waals surface area contributed by atoms with E-state index in [1.165, 1.54) is 12.4 Å². The zero-order valence-corrected chi connectivity index (χ0v) is 23.8. The highest BCUT2D eigenvalue weighted by molar-refractivity contribution is 6.35. The average Bonchev–Trinajstić information content (AvgIpc) is 3.37. The molecule has 0 bridgehead atoms. The van der Waals surface area contributed by atoms with E-state index < -0.39 is 17.8 Å². The van der Waals surface area contributed by atoms with Crippen molar-refractivity contribution in [1.82, 2.24) is 29.4 Å². The number of benzene rings is 1. The van der Waals surface area contributed by atoms with E-state index >= 15 is 0 Å². The van der Waals surface area contributed by atoms with Crippen molar-refractivity contribution in [2.45, 2.75) is 51.4 Å². The Bertz CT molecular complexity index is 1840. The monoisotopic (exact) mass is 593 g/mol. The molecule has 4 heterocycles. The molecule has 2 N–H and O–H groups in total. The van der Waals surface area contributed by atoms with Crippen LogP contribution in [-0.4, -0.2) is 42.1 Å². The van der Waals surface area contributed by atoms with E-state index in [-0.39, 0.29) is 18.3 Å². The lowest BCUT2D eigenvalue weighted by atomic mass is 9.96. The summed E-state index contributed by atoms with van der Waals surface area (Å²) in [5.41, 5.74) is 1.70. The van der Waals surface area contributed by atoms with Crippen molar-refractivity contribution < 1.29 is 13.2 Å². The zero-order chi connectivity index (χ0) is 29.9. The van der Waals surface area contributed by atoms with Gasteiger partial charge in [0, 0.05) is 35.6 Å². The van der Waals surface area contributed by atoms with Crippen molar-refractivity contribution in [2.24, 2.45) is 5.41 Å². The van der Waals surface area contributed by atoms with Crippen LogP contribution in [0.2, 0.25) is 5.02 Å². The minimum absolute atomic E-state index is 0.0472. The number of aromatic nitrogens is 6. The van der Waals surface area contributed by atoms with Gasteiger partial charge in [0.2, 0.25) is 0 Å². The number of nitrogens with zero attached hydrogens (tertiary/aromatic N) is 7. The largest absolute Gasteiger partial charge is 0.413 e. The fraction of sp³-hybridized carbons (Fsp3) is 0.345. The molecular weight excluding hydrogens is 567 g/mol. The molecule has 1 aromatic carbocycles. The van der Waals surface area contributed by atoms with Crippen LogP contribution in [0.4, 0.5) is 24.5 Å². The van der Waals surface area contributed by atoms with Crippen LogP contribution >= 0.6 is 11.6 Å². The molecule has 216 valence electrons. The number of imidazole rings is 1. The van der Waals surface area contributed by atoms with Gasteiger partial charge in [-0.15, -0.1) is 5.10 Å². The van der Waals surface area contributed by atoms with E-state index in [0.29, 0.717) is 45.1 Å². The minimum atomic E-state index is -4.44. The Hall–Kier alpha value is -4.37. The van der Waals surface area contributed by atoms with E-state index in [1.54, 1.807) is 18.6 Å². The van der Waals surface area contributed by atoms with Gasteiger partial charge in [0.05, 0.1) is 52.1 Å². The number of pyridine rings is 2. The van der Waals surface area contributed by atoms with Crippen LogP contribution in [0.15, 0.2) is 55.4 Å². The lowest BCUT2D eigenvalue weighted by molar-refractivity contribution is -0.182. The molecule has 42 heavy (non-hydrogen) atoms. The molecule has 13 heteroatoms. The van der Waals surface area contributed by atoms with E-state index in [2.05, 4.69) is 57.8 Å². The van der Waals surface area contributed by atoms with Gasteiger partial charge < -0.3 is 15.0 Å². The van der Waals surface area contributed by atoms with Crippen LogP contribution in [0, 0.1) is 16.7 Å². The van der Waals surface area contributed by atoms with Gasteiger partial charge >= 0.3 is 6.18 Å². The average molecular weight is 594 g/mol.